The first-order valence-electron chi connectivity index (χ1n) is 8.31. The number of nitrogens with one attached hydrogen (secondary N) is 2. The van der Waals surface area contributed by atoms with Gasteiger partial charge < -0.3 is 9.72 Å². The van der Waals surface area contributed by atoms with E-state index in [-0.39, 0.29) is 10.2 Å². The number of ether oxygens (including phenoxy) is 1. The standard InChI is InChI=1S/C18H25N5OS/c1-17(2,3)25-15-12-9-11(24-6)7-8-13(12)19-14(15)10-18(4,5)16-20-22-23-21-16/h7-9,19H,10H2,1-6H3,(H,20,21,22,23). The molecule has 2 aromatic heterocycles. The molecule has 0 saturated heterocycles. The van der Waals surface area contributed by atoms with Crippen molar-refractivity contribution < 1.29 is 4.74 Å². The topological polar surface area (TPSA) is 79.5 Å². The zero-order valence-electron chi connectivity index (χ0n) is 15.6. The lowest BCUT2D eigenvalue weighted by atomic mass is 9.87. The first-order valence-corrected chi connectivity index (χ1v) is 9.13. The number of nitrogens with zero attached hydrogens (tertiary/aromatic N) is 3. The number of H-pyrrole nitrogens is 2. The van der Waals surface area contributed by atoms with E-state index in [0.29, 0.717) is 0 Å². The second-order valence-corrected chi connectivity index (χ2v) is 9.69. The van der Waals surface area contributed by atoms with E-state index in [4.69, 9.17) is 4.74 Å². The summed E-state index contributed by atoms with van der Waals surface area (Å²) in [4.78, 5) is 4.86. The molecule has 3 rings (SSSR count). The van der Waals surface area contributed by atoms with Crippen molar-refractivity contribution in [1.29, 1.82) is 0 Å². The molecule has 0 amide bonds. The summed E-state index contributed by atoms with van der Waals surface area (Å²) in [7, 11) is 1.70. The minimum absolute atomic E-state index is 0.100. The highest BCUT2D eigenvalue weighted by atomic mass is 32.2. The molecule has 0 unspecified atom stereocenters. The van der Waals surface area contributed by atoms with Crippen LogP contribution < -0.4 is 4.74 Å². The van der Waals surface area contributed by atoms with E-state index in [1.165, 1.54) is 16.0 Å². The smallest absolute Gasteiger partial charge is 0.180 e. The third kappa shape index (κ3) is 3.81. The van der Waals surface area contributed by atoms with Crippen LogP contribution in [0.3, 0.4) is 0 Å². The lowest BCUT2D eigenvalue weighted by Crippen LogP contribution is -2.23. The fourth-order valence-electron chi connectivity index (χ4n) is 2.85. The maximum atomic E-state index is 5.42. The van der Waals surface area contributed by atoms with Crippen LogP contribution in [0.4, 0.5) is 0 Å². The maximum Gasteiger partial charge on any atom is 0.180 e. The van der Waals surface area contributed by atoms with Crippen LogP contribution in [0, 0.1) is 0 Å². The average molecular weight is 359 g/mol. The molecule has 7 heteroatoms. The fraction of sp³-hybridized carbons (Fsp3) is 0.500. The number of rotatable bonds is 5. The number of methoxy groups -OCH3 is 1. The fourth-order valence-corrected chi connectivity index (χ4v) is 3.98. The van der Waals surface area contributed by atoms with Gasteiger partial charge in [0.25, 0.3) is 0 Å². The van der Waals surface area contributed by atoms with Gasteiger partial charge in [-0.3, -0.25) is 0 Å². The van der Waals surface area contributed by atoms with E-state index < -0.39 is 0 Å². The predicted octanol–water partition coefficient (Wildman–Crippen LogP) is 4.10. The Kier molecular flexibility index (Phi) is 4.53. The molecule has 0 saturated carbocycles. The molecule has 25 heavy (non-hydrogen) atoms. The van der Waals surface area contributed by atoms with Crippen molar-refractivity contribution in [2.45, 2.75) is 56.1 Å². The third-order valence-electron chi connectivity index (χ3n) is 4.01. The number of hydrogen-bond donors (Lipinski definition) is 2. The molecule has 6 nitrogen and oxygen atoms in total. The molecule has 0 bridgehead atoms. The van der Waals surface area contributed by atoms with Crippen LogP contribution >= 0.6 is 11.8 Å². The highest BCUT2D eigenvalue weighted by Gasteiger charge is 2.29. The van der Waals surface area contributed by atoms with Crippen LogP contribution in [-0.2, 0) is 11.8 Å². The molecule has 0 atom stereocenters. The first kappa shape index (κ1) is 17.8. The summed E-state index contributed by atoms with van der Waals surface area (Å²) in [5.74, 6) is 1.58. The van der Waals surface area contributed by atoms with Gasteiger partial charge in [0.05, 0.1) is 7.11 Å². The van der Waals surface area contributed by atoms with Crippen LogP contribution in [-0.4, -0.2) is 37.5 Å². The summed E-state index contributed by atoms with van der Waals surface area (Å²) in [5.41, 5.74) is 2.08. The van der Waals surface area contributed by atoms with Gasteiger partial charge in [-0.05, 0) is 18.2 Å². The largest absolute Gasteiger partial charge is 0.497 e. The molecule has 0 radical (unpaired) electrons. The number of aromatic amines is 2. The van der Waals surface area contributed by atoms with Gasteiger partial charge in [-0.15, -0.1) is 22.0 Å². The maximum absolute atomic E-state index is 5.42. The normalized spacial score (nSPS) is 12.7. The lowest BCUT2D eigenvalue weighted by Gasteiger charge is -2.23. The first-order chi connectivity index (χ1) is 11.7. The van der Waals surface area contributed by atoms with Gasteiger partial charge >= 0.3 is 0 Å². The van der Waals surface area contributed by atoms with E-state index >= 15 is 0 Å². The Morgan fingerprint density at radius 1 is 1.16 bits per heavy atom. The minimum atomic E-state index is -0.231. The number of aromatic nitrogens is 5. The molecule has 1 aromatic carbocycles. The van der Waals surface area contributed by atoms with Crippen molar-refractivity contribution in [3.05, 3.63) is 29.7 Å². The van der Waals surface area contributed by atoms with Gasteiger partial charge in [-0.2, -0.15) is 5.21 Å². The molecule has 3 aromatic rings. The van der Waals surface area contributed by atoms with Crippen molar-refractivity contribution in [3.63, 3.8) is 0 Å². The molecule has 0 aliphatic rings. The van der Waals surface area contributed by atoms with Crippen molar-refractivity contribution in [2.24, 2.45) is 0 Å². The Balaban J connectivity index is 2.08. The summed E-state index contributed by atoms with van der Waals surface area (Å²) >= 11 is 1.87. The van der Waals surface area contributed by atoms with Crippen LogP contribution in [0.1, 0.15) is 46.1 Å². The zero-order valence-corrected chi connectivity index (χ0v) is 16.4. The number of thioether (sulfide) groups is 1. The highest BCUT2D eigenvalue weighted by Crippen LogP contribution is 2.42. The minimum Gasteiger partial charge on any atom is -0.497 e. The van der Waals surface area contributed by atoms with E-state index in [2.05, 4.69) is 72.4 Å². The molecule has 0 fully saturated rings. The second-order valence-electron chi connectivity index (χ2n) is 7.85. The number of fused-ring (bicyclic) bond motifs is 1. The summed E-state index contributed by atoms with van der Waals surface area (Å²) in [5, 5.41) is 15.8. The van der Waals surface area contributed by atoms with Crippen molar-refractivity contribution in [3.8, 4) is 5.75 Å². The van der Waals surface area contributed by atoms with Gasteiger partial charge in [0.2, 0.25) is 0 Å². The van der Waals surface area contributed by atoms with Crippen LogP contribution in [0.2, 0.25) is 0 Å². The van der Waals surface area contributed by atoms with E-state index in [0.717, 1.165) is 23.5 Å². The molecule has 2 N–H and O–H groups in total. The van der Waals surface area contributed by atoms with Crippen molar-refractivity contribution >= 4 is 22.7 Å². The Bertz CT molecular complexity index is 862. The van der Waals surface area contributed by atoms with Gasteiger partial charge in [0, 0.05) is 38.1 Å². The van der Waals surface area contributed by atoms with Gasteiger partial charge in [0.15, 0.2) is 5.82 Å². The quantitative estimate of drug-likeness (QED) is 0.671. The van der Waals surface area contributed by atoms with Crippen molar-refractivity contribution in [1.82, 2.24) is 25.6 Å². The number of benzene rings is 1. The van der Waals surface area contributed by atoms with Gasteiger partial charge in [-0.1, -0.05) is 39.8 Å². The van der Waals surface area contributed by atoms with Gasteiger partial charge in [-0.25, -0.2) is 0 Å². The predicted molar refractivity (Wildman–Crippen MR) is 101 cm³/mol. The molecule has 0 aliphatic carbocycles. The second kappa shape index (κ2) is 6.37. The van der Waals surface area contributed by atoms with Gasteiger partial charge in [0.1, 0.15) is 5.75 Å². The Hall–Kier alpha value is -2.02. The van der Waals surface area contributed by atoms with E-state index in [1.54, 1.807) is 7.11 Å². The average Bonchev–Trinajstić information content (AvgIpc) is 3.15. The molecular weight excluding hydrogens is 334 g/mol. The SMILES string of the molecule is COc1ccc2[nH]c(CC(C)(C)c3nn[nH]n3)c(SC(C)(C)C)c2c1. The number of hydrogen-bond acceptors (Lipinski definition) is 5. The van der Waals surface area contributed by atoms with E-state index in [1.807, 2.05) is 17.8 Å². The third-order valence-corrected chi connectivity index (χ3v) is 5.29. The summed E-state index contributed by atoms with van der Waals surface area (Å²) in [6.45, 7) is 10.9. The highest BCUT2D eigenvalue weighted by molar-refractivity contribution is 8.00. The number of tetrazole rings is 1. The molecule has 134 valence electrons. The summed E-state index contributed by atoms with van der Waals surface area (Å²) < 4.78 is 5.52. The Morgan fingerprint density at radius 2 is 1.92 bits per heavy atom. The van der Waals surface area contributed by atoms with Crippen molar-refractivity contribution in [2.75, 3.05) is 7.11 Å². The summed E-state index contributed by atoms with van der Waals surface area (Å²) in [6, 6.07) is 6.16. The van der Waals surface area contributed by atoms with Crippen LogP contribution in [0.5, 0.6) is 5.75 Å². The van der Waals surface area contributed by atoms with Crippen LogP contribution in [0.15, 0.2) is 23.1 Å². The zero-order chi connectivity index (χ0) is 18.2. The molecule has 0 aliphatic heterocycles. The molecule has 0 spiro atoms. The van der Waals surface area contributed by atoms with E-state index in [9.17, 15) is 0 Å². The van der Waals surface area contributed by atoms with Crippen LogP contribution in [0.25, 0.3) is 10.9 Å². The Morgan fingerprint density at radius 3 is 2.52 bits per heavy atom. The molecule has 2 heterocycles. The molecular formula is C18H25N5OS. The Labute approximate surface area is 152 Å². The lowest BCUT2D eigenvalue weighted by molar-refractivity contribution is 0.415. The summed E-state index contributed by atoms with van der Waals surface area (Å²) in [6.07, 6.45) is 0.794. The monoisotopic (exact) mass is 359 g/mol.